The molecule has 3 rings (SSSR count). The summed E-state index contributed by atoms with van der Waals surface area (Å²) < 4.78 is 0. The smallest absolute Gasteiger partial charge is 0.321 e. The van der Waals surface area contributed by atoms with Crippen LogP contribution in [0.5, 0.6) is 0 Å². The van der Waals surface area contributed by atoms with E-state index in [0.717, 1.165) is 5.56 Å². The summed E-state index contributed by atoms with van der Waals surface area (Å²) in [5, 5.41) is 14.4. The number of amides is 3. The molecular formula is C22H25N5O4. The minimum Gasteiger partial charge on any atom is -0.481 e. The fourth-order valence-electron chi connectivity index (χ4n) is 3.29. The van der Waals surface area contributed by atoms with E-state index in [1.165, 1.54) is 4.90 Å². The van der Waals surface area contributed by atoms with Crippen molar-refractivity contribution in [1.82, 2.24) is 10.2 Å². The van der Waals surface area contributed by atoms with Gasteiger partial charge in [-0.15, -0.1) is 0 Å². The second kappa shape index (κ2) is 9.29. The standard InChI is InChI=1S/C22H25N5O4/c1-14-7-6-8-15(13-14)23-22(31)25-19-21(30)27(3)17-10-5-4-9-16(17)20(24-19)26(2)12-11-18(28)29/h4-10,13,19H,11-12H2,1-3H3,(H,28,29)(H2,23,25,31). The second-order valence-corrected chi connectivity index (χ2v) is 7.30. The lowest BCUT2D eigenvalue weighted by atomic mass is 10.1. The average molecular weight is 423 g/mol. The van der Waals surface area contributed by atoms with E-state index in [4.69, 9.17) is 5.11 Å². The number of carboxylic acids is 1. The van der Waals surface area contributed by atoms with Crippen LogP contribution in [0.15, 0.2) is 53.5 Å². The highest BCUT2D eigenvalue weighted by Gasteiger charge is 2.31. The van der Waals surface area contributed by atoms with Crippen molar-refractivity contribution < 1.29 is 19.5 Å². The van der Waals surface area contributed by atoms with Crippen LogP contribution >= 0.6 is 0 Å². The minimum atomic E-state index is -1.18. The van der Waals surface area contributed by atoms with E-state index in [-0.39, 0.29) is 13.0 Å². The molecule has 1 aliphatic heterocycles. The van der Waals surface area contributed by atoms with Crippen LogP contribution in [0.25, 0.3) is 0 Å². The van der Waals surface area contributed by atoms with Crippen LogP contribution in [0.4, 0.5) is 16.2 Å². The topological polar surface area (TPSA) is 114 Å². The first kappa shape index (κ1) is 21.8. The predicted octanol–water partition coefficient (Wildman–Crippen LogP) is 2.27. The number of aliphatic imine (C=N–C) groups is 1. The Morgan fingerprint density at radius 1 is 1.19 bits per heavy atom. The molecule has 9 nitrogen and oxygen atoms in total. The minimum absolute atomic E-state index is 0.0899. The lowest BCUT2D eigenvalue weighted by Crippen LogP contribution is -2.47. The number of aliphatic carboxylic acids is 1. The van der Waals surface area contributed by atoms with Crippen molar-refractivity contribution in [3.8, 4) is 0 Å². The van der Waals surface area contributed by atoms with Crippen LogP contribution in [0.1, 0.15) is 17.5 Å². The largest absolute Gasteiger partial charge is 0.481 e. The molecule has 3 amide bonds. The predicted molar refractivity (Wildman–Crippen MR) is 118 cm³/mol. The molecule has 3 N–H and O–H groups in total. The van der Waals surface area contributed by atoms with Crippen molar-refractivity contribution in [1.29, 1.82) is 0 Å². The third-order valence-corrected chi connectivity index (χ3v) is 4.89. The van der Waals surface area contributed by atoms with Crippen LogP contribution in [-0.4, -0.2) is 60.6 Å². The molecule has 0 fully saturated rings. The molecule has 2 aromatic carbocycles. The molecule has 0 bridgehead atoms. The van der Waals surface area contributed by atoms with E-state index >= 15 is 0 Å². The quantitative estimate of drug-likeness (QED) is 0.683. The second-order valence-electron chi connectivity index (χ2n) is 7.30. The van der Waals surface area contributed by atoms with Gasteiger partial charge in [0.25, 0.3) is 5.91 Å². The summed E-state index contributed by atoms with van der Waals surface area (Å²) >= 11 is 0. The molecule has 0 aliphatic carbocycles. The number of anilines is 2. The highest BCUT2D eigenvalue weighted by atomic mass is 16.4. The van der Waals surface area contributed by atoms with Gasteiger partial charge < -0.3 is 25.5 Å². The van der Waals surface area contributed by atoms with E-state index in [1.54, 1.807) is 37.2 Å². The Hall–Kier alpha value is -3.88. The number of carboxylic acid groups (broad SMARTS) is 1. The number of nitrogens with one attached hydrogen (secondary N) is 2. The molecule has 0 saturated carbocycles. The number of aryl methyl sites for hydroxylation is 1. The monoisotopic (exact) mass is 423 g/mol. The summed E-state index contributed by atoms with van der Waals surface area (Å²) in [6, 6.07) is 13.9. The Bertz CT molecular complexity index is 1040. The molecule has 1 aliphatic rings. The van der Waals surface area contributed by atoms with Crippen molar-refractivity contribution in [2.75, 3.05) is 30.9 Å². The van der Waals surface area contributed by atoms with Gasteiger partial charge in [-0.05, 0) is 36.8 Å². The van der Waals surface area contributed by atoms with Crippen LogP contribution in [0.3, 0.4) is 0 Å². The Morgan fingerprint density at radius 3 is 2.65 bits per heavy atom. The number of amidine groups is 1. The highest BCUT2D eigenvalue weighted by Crippen LogP contribution is 2.25. The number of carbonyl (C=O) groups is 3. The SMILES string of the molecule is Cc1cccc(NC(=O)NC2N=C(N(C)CCC(=O)O)c3ccccc3N(C)C2=O)c1. The number of carbonyl (C=O) groups excluding carboxylic acids is 2. The first-order valence-corrected chi connectivity index (χ1v) is 9.78. The van der Waals surface area contributed by atoms with Crippen LogP contribution < -0.4 is 15.5 Å². The maximum atomic E-state index is 13.0. The first-order chi connectivity index (χ1) is 14.8. The molecular weight excluding hydrogens is 398 g/mol. The van der Waals surface area contributed by atoms with Crippen molar-refractivity contribution >= 4 is 35.1 Å². The summed E-state index contributed by atoms with van der Waals surface area (Å²) in [6.07, 6.45) is -1.27. The number of rotatable bonds is 5. The normalized spacial score (nSPS) is 15.5. The molecule has 1 atom stereocenters. The van der Waals surface area contributed by atoms with Gasteiger partial charge >= 0.3 is 12.0 Å². The van der Waals surface area contributed by atoms with Gasteiger partial charge in [-0.2, -0.15) is 0 Å². The van der Waals surface area contributed by atoms with Gasteiger partial charge in [-0.1, -0.05) is 24.3 Å². The number of urea groups is 1. The zero-order valence-electron chi connectivity index (χ0n) is 17.6. The lowest BCUT2D eigenvalue weighted by molar-refractivity contribution is -0.137. The summed E-state index contributed by atoms with van der Waals surface area (Å²) in [7, 11) is 3.32. The van der Waals surface area contributed by atoms with Crippen molar-refractivity contribution in [3.63, 3.8) is 0 Å². The van der Waals surface area contributed by atoms with Crippen molar-refractivity contribution in [2.45, 2.75) is 19.5 Å². The Kier molecular flexibility index (Phi) is 6.54. The molecule has 0 aromatic heterocycles. The van der Waals surface area contributed by atoms with Gasteiger partial charge in [0, 0.05) is 31.9 Å². The van der Waals surface area contributed by atoms with Gasteiger partial charge in [-0.3, -0.25) is 9.59 Å². The van der Waals surface area contributed by atoms with Crippen LogP contribution in [0, 0.1) is 6.92 Å². The zero-order valence-corrected chi connectivity index (χ0v) is 17.6. The van der Waals surface area contributed by atoms with Gasteiger partial charge in [0.05, 0.1) is 12.1 Å². The van der Waals surface area contributed by atoms with Gasteiger partial charge in [-0.25, -0.2) is 9.79 Å². The number of nitrogens with zero attached hydrogens (tertiary/aromatic N) is 3. The molecule has 1 heterocycles. The molecule has 1 unspecified atom stereocenters. The number of fused-ring (bicyclic) bond motifs is 1. The number of likely N-dealkylation sites (N-methyl/N-ethyl adjacent to an activating group) is 1. The lowest BCUT2D eigenvalue weighted by Gasteiger charge is -2.22. The maximum absolute atomic E-state index is 13.0. The zero-order chi connectivity index (χ0) is 22.5. The van der Waals surface area contributed by atoms with Crippen molar-refractivity contribution in [3.05, 3.63) is 59.7 Å². The van der Waals surface area contributed by atoms with E-state index in [9.17, 15) is 14.4 Å². The number of hydrogen-bond acceptors (Lipinski definition) is 5. The highest BCUT2D eigenvalue weighted by molar-refractivity contribution is 6.12. The average Bonchev–Trinajstić information content (AvgIpc) is 2.83. The summed E-state index contributed by atoms with van der Waals surface area (Å²) in [5.41, 5.74) is 2.88. The van der Waals surface area contributed by atoms with Crippen LogP contribution in [0.2, 0.25) is 0 Å². The Labute approximate surface area is 180 Å². The fraction of sp³-hybridized carbons (Fsp3) is 0.273. The fourth-order valence-corrected chi connectivity index (χ4v) is 3.29. The van der Waals surface area contributed by atoms with Gasteiger partial charge in [0.1, 0.15) is 5.84 Å². The van der Waals surface area contributed by atoms with E-state index in [1.807, 2.05) is 37.3 Å². The van der Waals surface area contributed by atoms with Gasteiger partial charge in [0.2, 0.25) is 6.17 Å². The number of hydrogen-bond donors (Lipinski definition) is 3. The summed E-state index contributed by atoms with van der Waals surface area (Å²) in [5.74, 6) is -0.918. The molecule has 0 radical (unpaired) electrons. The molecule has 0 saturated heterocycles. The summed E-state index contributed by atoms with van der Waals surface area (Å²) in [6.45, 7) is 2.11. The van der Waals surface area contributed by atoms with Gasteiger partial charge in [0.15, 0.2) is 0 Å². The summed E-state index contributed by atoms with van der Waals surface area (Å²) in [4.78, 5) is 44.3. The van der Waals surface area contributed by atoms with E-state index in [0.29, 0.717) is 22.8 Å². The third kappa shape index (κ3) is 5.19. The van der Waals surface area contributed by atoms with E-state index < -0.39 is 24.1 Å². The Morgan fingerprint density at radius 2 is 1.94 bits per heavy atom. The third-order valence-electron chi connectivity index (χ3n) is 4.89. The van der Waals surface area contributed by atoms with E-state index in [2.05, 4.69) is 15.6 Å². The number of benzodiazepines with no additional fused rings is 1. The first-order valence-electron chi connectivity index (χ1n) is 9.78. The van der Waals surface area contributed by atoms with Crippen molar-refractivity contribution in [2.24, 2.45) is 4.99 Å². The number of benzene rings is 2. The molecule has 0 spiro atoms. The number of para-hydroxylation sites is 1. The molecule has 162 valence electrons. The maximum Gasteiger partial charge on any atom is 0.321 e. The molecule has 31 heavy (non-hydrogen) atoms. The van der Waals surface area contributed by atoms with Crippen LogP contribution in [-0.2, 0) is 9.59 Å². The molecule has 9 heteroatoms. The molecule has 2 aromatic rings. The Balaban J connectivity index is 1.89.